The molecule has 0 saturated carbocycles. The number of hydrogen-bond acceptors (Lipinski definition) is 6. The zero-order valence-corrected chi connectivity index (χ0v) is 18.9. The lowest BCUT2D eigenvalue weighted by Gasteiger charge is -2.45. The lowest BCUT2D eigenvalue weighted by Crippen LogP contribution is -2.56. The molecule has 1 N–H and O–H groups in total. The van der Waals surface area contributed by atoms with Crippen LogP contribution in [0.2, 0.25) is 0 Å². The maximum Gasteiger partial charge on any atom is 0.434 e. The summed E-state index contributed by atoms with van der Waals surface area (Å²) in [6, 6.07) is 5.61. The Bertz CT molecular complexity index is 1170. The summed E-state index contributed by atoms with van der Waals surface area (Å²) >= 11 is 0. The van der Waals surface area contributed by atoms with E-state index < -0.39 is 44.0 Å². The number of rotatable bonds is 5. The highest BCUT2D eigenvalue weighted by molar-refractivity contribution is 7.90. The van der Waals surface area contributed by atoms with E-state index in [9.17, 15) is 30.8 Å². The first-order valence-corrected chi connectivity index (χ1v) is 11.9. The number of carbonyl (C=O) groups is 1. The average Bonchev–Trinajstić information content (AvgIpc) is 2.71. The normalized spacial score (nSPS) is 17.5. The molecule has 1 aliphatic rings. The van der Waals surface area contributed by atoms with Gasteiger partial charge in [-0.05, 0) is 36.2 Å². The summed E-state index contributed by atoms with van der Waals surface area (Å²) in [5.74, 6) is -2.62. The van der Waals surface area contributed by atoms with Gasteiger partial charge in [0.2, 0.25) is 0 Å². The highest BCUT2D eigenvalue weighted by Crippen LogP contribution is 2.34. The van der Waals surface area contributed by atoms with E-state index >= 15 is 0 Å². The van der Waals surface area contributed by atoms with Crippen molar-refractivity contribution in [3.8, 4) is 0 Å². The molecule has 0 aliphatic carbocycles. The zero-order valence-electron chi connectivity index (χ0n) is 18.1. The van der Waals surface area contributed by atoms with Gasteiger partial charge in [0.15, 0.2) is 15.5 Å². The van der Waals surface area contributed by atoms with Crippen LogP contribution in [-0.4, -0.2) is 56.4 Å². The van der Waals surface area contributed by atoms with E-state index in [2.05, 4.69) is 4.98 Å². The van der Waals surface area contributed by atoms with Crippen molar-refractivity contribution in [3.63, 3.8) is 0 Å². The van der Waals surface area contributed by atoms with Crippen molar-refractivity contribution in [2.24, 2.45) is 5.92 Å². The molecule has 0 amide bonds. The molecule has 180 valence electrons. The third-order valence-corrected chi connectivity index (χ3v) is 6.65. The van der Waals surface area contributed by atoms with Crippen LogP contribution in [0.1, 0.15) is 29.9 Å². The molecule has 1 saturated heterocycles. The Morgan fingerprint density at radius 1 is 1.18 bits per heavy atom. The molecule has 2 aromatic rings. The van der Waals surface area contributed by atoms with Crippen molar-refractivity contribution in [2.45, 2.75) is 31.0 Å². The number of benzene rings is 1. The van der Waals surface area contributed by atoms with E-state index in [1.54, 1.807) is 4.90 Å². The van der Waals surface area contributed by atoms with Crippen LogP contribution in [0.5, 0.6) is 0 Å². The largest absolute Gasteiger partial charge is 0.478 e. The highest BCUT2D eigenvalue weighted by atomic mass is 32.2. The second-order valence-electron chi connectivity index (χ2n) is 8.21. The van der Waals surface area contributed by atoms with Crippen LogP contribution in [-0.2, 0) is 16.0 Å². The van der Waals surface area contributed by atoms with Gasteiger partial charge in [0, 0.05) is 31.6 Å². The number of anilines is 2. The predicted octanol–water partition coefficient (Wildman–Crippen LogP) is 3.69. The van der Waals surface area contributed by atoms with E-state index in [4.69, 9.17) is 5.11 Å². The second kappa shape index (κ2) is 8.81. The number of carboxylic acid groups (broad SMARTS) is 1. The molecule has 1 unspecified atom stereocenters. The summed E-state index contributed by atoms with van der Waals surface area (Å²) < 4.78 is 78.0. The van der Waals surface area contributed by atoms with Gasteiger partial charge in [0.1, 0.15) is 16.5 Å². The topological polar surface area (TPSA) is 90.8 Å². The molecule has 0 bridgehead atoms. The smallest absolute Gasteiger partial charge is 0.434 e. The fourth-order valence-electron chi connectivity index (χ4n) is 3.87. The number of pyridine rings is 1. The molecule has 7 nitrogen and oxygen atoms in total. The maximum atomic E-state index is 14.0. The summed E-state index contributed by atoms with van der Waals surface area (Å²) in [4.78, 5) is 18.0. The van der Waals surface area contributed by atoms with Gasteiger partial charge in [0.25, 0.3) is 0 Å². The summed E-state index contributed by atoms with van der Waals surface area (Å²) in [6.07, 6.45) is -4.02. The molecule has 1 fully saturated rings. The van der Waals surface area contributed by atoms with E-state index in [0.717, 1.165) is 18.4 Å². The molecule has 0 radical (unpaired) electrons. The predicted molar refractivity (Wildman–Crippen MR) is 114 cm³/mol. The number of aromatic nitrogens is 1. The number of carboxylic acids is 1. The number of nitrogens with zero attached hydrogens (tertiary/aromatic N) is 3. The van der Waals surface area contributed by atoms with Crippen LogP contribution in [0.25, 0.3) is 0 Å². The Morgan fingerprint density at radius 3 is 2.39 bits per heavy atom. The summed E-state index contributed by atoms with van der Waals surface area (Å²) in [5, 5.41) is 9.10. The van der Waals surface area contributed by atoms with E-state index in [1.165, 1.54) is 18.2 Å². The van der Waals surface area contributed by atoms with Crippen LogP contribution in [0.15, 0.2) is 35.2 Å². The van der Waals surface area contributed by atoms with Gasteiger partial charge in [-0.25, -0.2) is 22.6 Å². The number of sulfone groups is 1. The summed E-state index contributed by atoms with van der Waals surface area (Å²) in [5.41, 5.74) is -1.91. The van der Waals surface area contributed by atoms with Crippen molar-refractivity contribution in [1.29, 1.82) is 0 Å². The first kappa shape index (κ1) is 24.7. The lowest BCUT2D eigenvalue weighted by atomic mass is 9.98. The molecule has 1 aromatic heterocycles. The fraction of sp³-hybridized carbons (Fsp3) is 0.429. The van der Waals surface area contributed by atoms with Crippen LogP contribution in [0.4, 0.5) is 29.1 Å². The van der Waals surface area contributed by atoms with Crippen LogP contribution < -0.4 is 9.80 Å². The SMILES string of the molecule is CC(C)C1CN(c2ccc(F)c(S(C)(=O)=O)c2)CCN1c1ccc(C(=O)O)c(C(F)(F)F)n1. The molecule has 2 heterocycles. The Balaban J connectivity index is 1.96. The van der Waals surface area contributed by atoms with Gasteiger partial charge in [-0.1, -0.05) is 13.8 Å². The minimum atomic E-state index is -4.94. The molecule has 3 rings (SSSR count). The quantitative estimate of drug-likeness (QED) is 0.641. The van der Waals surface area contributed by atoms with E-state index in [0.29, 0.717) is 18.8 Å². The Labute approximate surface area is 188 Å². The average molecular weight is 489 g/mol. The van der Waals surface area contributed by atoms with Gasteiger partial charge in [-0.3, -0.25) is 0 Å². The Morgan fingerprint density at radius 2 is 1.85 bits per heavy atom. The van der Waals surface area contributed by atoms with Crippen molar-refractivity contribution in [3.05, 3.63) is 47.4 Å². The first-order valence-electron chi connectivity index (χ1n) is 10.0. The van der Waals surface area contributed by atoms with Crippen LogP contribution in [0, 0.1) is 11.7 Å². The summed E-state index contributed by atoms with van der Waals surface area (Å²) in [6.45, 7) is 4.62. The first-order chi connectivity index (χ1) is 15.2. The molecule has 12 heteroatoms. The van der Waals surface area contributed by atoms with Crippen LogP contribution >= 0.6 is 0 Å². The maximum absolute atomic E-state index is 14.0. The molecule has 33 heavy (non-hydrogen) atoms. The Hall–Kier alpha value is -2.89. The number of halogens is 4. The number of piperazine rings is 1. The minimum absolute atomic E-state index is 0.00149. The monoisotopic (exact) mass is 489 g/mol. The second-order valence-corrected chi connectivity index (χ2v) is 10.2. The standard InChI is InChI=1S/C21H23F4N3O4S/c1-12(2)16-11-27(13-4-6-15(22)17(10-13)33(3,31)32)8-9-28(16)18-7-5-14(20(29)30)19(26-18)21(23,24)25/h4-7,10,12,16H,8-9,11H2,1-3H3,(H,29,30). The van der Waals surface area contributed by atoms with Crippen LogP contribution in [0.3, 0.4) is 0 Å². The molecule has 0 spiro atoms. The fourth-order valence-corrected chi connectivity index (χ4v) is 4.63. The molecular weight excluding hydrogens is 466 g/mol. The van der Waals surface area contributed by atoms with Gasteiger partial charge < -0.3 is 14.9 Å². The minimum Gasteiger partial charge on any atom is -0.478 e. The molecule has 1 aromatic carbocycles. The third-order valence-electron chi connectivity index (χ3n) is 5.54. The van der Waals surface area contributed by atoms with Gasteiger partial charge in [-0.2, -0.15) is 13.2 Å². The Kier molecular flexibility index (Phi) is 6.60. The highest BCUT2D eigenvalue weighted by Gasteiger charge is 2.39. The van der Waals surface area contributed by atoms with Crippen molar-refractivity contribution in [1.82, 2.24) is 4.98 Å². The zero-order chi connectivity index (χ0) is 24.7. The van der Waals surface area contributed by atoms with Crippen molar-refractivity contribution >= 4 is 27.3 Å². The van der Waals surface area contributed by atoms with Gasteiger partial charge >= 0.3 is 12.1 Å². The summed E-state index contributed by atoms with van der Waals surface area (Å²) in [7, 11) is -3.78. The number of aromatic carboxylic acids is 1. The molecule has 1 aliphatic heterocycles. The molecular formula is C21H23F4N3O4S. The molecule has 1 atom stereocenters. The number of alkyl halides is 3. The van der Waals surface area contributed by atoms with Gasteiger partial charge in [-0.15, -0.1) is 0 Å². The van der Waals surface area contributed by atoms with Gasteiger partial charge in [0.05, 0.1) is 11.6 Å². The van der Waals surface area contributed by atoms with Crippen molar-refractivity contribution in [2.75, 3.05) is 35.7 Å². The number of hydrogen-bond donors (Lipinski definition) is 1. The van der Waals surface area contributed by atoms with Crippen molar-refractivity contribution < 1.29 is 35.9 Å². The lowest BCUT2D eigenvalue weighted by molar-refractivity contribution is -0.141. The van der Waals surface area contributed by atoms with E-state index in [-0.39, 0.29) is 24.3 Å². The third kappa shape index (κ3) is 5.21. The van der Waals surface area contributed by atoms with E-state index in [1.807, 2.05) is 18.7 Å².